The minimum Gasteiger partial charge on any atom is -0.493 e. The lowest BCUT2D eigenvalue weighted by atomic mass is 10.1. The Kier molecular flexibility index (Phi) is 13.2. The van der Waals surface area contributed by atoms with Crippen molar-refractivity contribution in [3.8, 4) is 23.0 Å². The molecule has 0 spiro atoms. The second kappa shape index (κ2) is 17.5. The van der Waals surface area contributed by atoms with Gasteiger partial charge < -0.3 is 35.1 Å². The molecule has 0 atom stereocenters. The molecule has 12 heteroatoms. The summed E-state index contributed by atoms with van der Waals surface area (Å²) in [4.78, 5) is 27.3. The fourth-order valence-corrected chi connectivity index (χ4v) is 5.15. The lowest BCUT2D eigenvalue weighted by molar-refractivity contribution is 0.0958. The van der Waals surface area contributed by atoms with Crippen LogP contribution >= 0.6 is 0 Å². The zero-order valence-corrected chi connectivity index (χ0v) is 27.1. The quantitative estimate of drug-likeness (QED) is 0.143. The van der Waals surface area contributed by atoms with E-state index in [9.17, 15) is 22.8 Å². The van der Waals surface area contributed by atoms with Gasteiger partial charge in [0.15, 0.2) is 28.9 Å². The van der Waals surface area contributed by atoms with Gasteiger partial charge in [-0.05, 0) is 62.6 Å². The van der Waals surface area contributed by atoms with E-state index in [1.54, 1.807) is 0 Å². The van der Waals surface area contributed by atoms with Gasteiger partial charge in [0.1, 0.15) is 17.7 Å². The summed E-state index contributed by atoms with van der Waals surface area (Å²) < 4.78 is 61.5. The van der Waals surface area contributed by atoms with Gasteiger partial charge in [0, 0.05) is 43.5 Å². The van der Waals surface area contributed by atoms with Gasteiger partial charge in [-0.25, -0.2) is 18.0 Å². The van der Waals surface area contributed by atoms with E-state index in [1.807, 2.05) is 0 Å². The van der Waals surface area contributed by atoms with Gasteiger partial charge >= 0.3 is 6.03 Å². The normalized spacial score (nSPS) is 13.6. The lowest BCUT2D eigenvalue weighted by Crippen LogP contribution is -2.38. The number of methoxy groups -OCH3 is 1. The molecule has 1 saturated heterocycles. The van der Waals surface area contributed by atoms with E-state index < -0.39 is 35.0 Å². The summed E-state index contributed by atoms with van der Waals surface area (Å²) in [6, 6.07) is 9.61. The van der Waals surface area contributed by atoms with Crippen LogP contribution in [0.15, 0.2) is 48.5 Å². The maximum atomic E-state index is 14.9. The largest absolute Gasteiger partial charge is 0.493 e. The number of hydrogen-bond acceptors (Lipinski definition) is 6. The number of benzene rings is 3. The van der Waals surface area contributed by atoms with E-state index >= 15 is 0 Å². The van der Waals surface area contributed by atoms with E-state index in [2.05, 4.69) is 34.7 Å². The van der Waals surface area contributed by atoms with Crippen molar-refractivity contribution in [3.63, 3.8) is 0 Å². The predicted molar refractivity (Wildman–Crippen MR) is 175 cm³/mol. The number of rotatable bonds is 15. The first-order valence-electron chi connectivity index (χ1n) is 16.1. The maximum Gasteiger partial charge on any atom is 0.319 e. The molecule has 1 fully saturated rings. The van der Waals surface area contributed by atoms with Gasteiger partial charge in [-0.1, -0.05) is 33.1 Å². The number of ether oxygens (including phenoxy) is 3. The fourth-order valence-electron chi connectivity index (χ4n) is 5.15. The molecule has 254 valence electrons. The molecule has 3 aromatic rings. The van der Waals surface area contributed by atoms with Crippen LogP contribution < -0.4 is 30.2 Å². The molecule has 3 amide bonds. The number of nitrogens with zero attached hydrogens (tertiary/aromatic N) is 1. The van der Waals surface area contributed by atoms with Gasteiger partial charge in [-0.2, -0.15) is 0 Å². The number of hydrogen-bond donors (Lipinski definition) is 3. The third-order valence-corrected chi connectivity index (χ3v) is 7.83. The van der Waals surface area contributed by atoms with E-state index in [4.69, 9.17) is 14.2 Å². The first kappa shape index (κ1) is 35.4. The minimum atomic E-state index is -0.903. The van der Waals surface area contributed by atoms with E-state index in [1.165, 1.54) is 37.4 Å². The molecule has 4 rings (SSSR count). The van der Waals surface area contributed by atoms with Gasteiger partial charge in [0.2, 0.25) is 0 Å². The molecule has 1 aliphatic rings. The molecule has 0 saturated carbocycles. The van der Waals surface area contributed by atoms with Crippen LogP contribution in [0.4, 0.5) is 29.3 Å². The molecule has 3 N–H and O–H groups in total. The van der Waals surface area contributed by atoms with Crippen molar-refractivity contribution >= 4 is 23.3 Å². The zero-order chi connectivity index (χ0) is 33.8. The Hall–Kier alpha value is -4.45. The highest BCUT2D eigenvalue weighted by atomic mass is 19.1. The third-order valence-electron chi connectivity index (χ3n) is 7.83. The first-order valence-corrected chi connectivity index (χ1v) is 16.1. The number of unbranched alkanes of at least 4 members (excludes halogenated alkanes) is 3. The molecule has 0 aromatic heterocycles. The highest BCUT2D eigenvalue weighted by Gasteiger charge is 2.23. The second-order valence-corrected chi connectivity index (χ2v) is 11.4. The van der Waals surface area contributed by atoms with Crippen LogP contribution in [0.3, 0.4) is 0 Å². The summed E-state index contributed by atoms with van der Waals surface area (Å²) in [5.74, 6) is -2.99. The van der Waals surface area contributed by atoms with Crippen LogP contribution in [-0.4, -0.2) is 56.2 Å². The van der Waals surface area contributed by atoms with Crippen molar-refractivity contribution in [2.75, 3.05) is 43.9 Å². The molecular formula is C35H43F3N4O5. The highest BCUT2D eigenvalue weighted by Crippen LogP contribution is 2.36. The van der Waals surface area contributed by atoms with E-state index in [-0.39, 0.29) is 34.8 Å². The number of carbonyl (C=O) groups excluding carboxylic acids is 2. The average molecular weight is 657 g/mol. The van der Waals surface area contributed by atoms with E-state index in [0.717, 1.165) is 82.8 Å². The Morgan fingerprint density at radius 2 is 1.53 bits per heavy atom. The van der Waals surface area contributed by atoms with Crippen molar-refractivity contribution in [1.82, 2.24) is 10.2 Å². The number of likely N-dealkylation sites (tertiary alicyclic amines) is 1. The zero-order valence-electron chi connectivity index (χ0n) is 27.1. The average Bonchev–Trinajstić information content (AvgIpc) is 3.06. The molecule has 0 radical (unpaired) electrons. The number of urea groups is 1. The van der Waals surface area contributed by atoms with Gasteiger partial charge in [0.25, 0.3) is 5.91 Å². The Morgan fingerprint density at radius 1 is 0.830 bits per heavy atom. The van der Waals surface area contributed by atoms with Gasteiger partial charge in [-0.15, -0.1) is 0 Å². The molecule has 1 heterocycles. The van der Waals surface area contributed by atoms with Crippen LogP contribution in [0, 0.1) is 17.5 Å². The number of nitrogens with one attached hydrogen (secondary N) is 3. The number of piperidine rings is 1. The molecule has 9 nitrogen and oxygen atoms in total. The summed E-state index contributed by atoms with van der Waals surface area (Å²) in [5.41, 5.74) is -0.250. The van der Waals surface area contributed by atoms with Crippen LogP contribution in [0.1, 0.15) is 69.2 Å². The Bertz CT molecular complexity index is 1500. The van der Waals surface area contributed by atoms with Crippen LogP contribution in [0.5, 0.6) is 23.0 Å². The van der Waals surface area contributed by atoms with Gasteiger partial charge in [-0.3, -0.25) is 4.79 Å². The molecular weight excluding hydrogens is 613 g/mol. The molecule has 0 unspecified atom stereocenters. The van der Waals surface area contributed by atoms with E-state index in [0.29, 0.717) is 12.2 Å². The van der Waals surface area contributed by atoms with Crippen LogP contribution in [0.25, 0.3) is 0 Å². The van der Waals surface area contributed by atoms with Crippen LogP contribution in [-0.2, 0) is 0 Å². The first-order chi connectivity index (χ1) is 22.7. The fraction of sp³-hybridized carbons (Fsp3) is 0.429. The number of halogens is 3. The van der Waals surface area contributed by atoms with Crippen molar-refractivity contribution < 1.29 is 37.0 Å². The van der Waals surface area contributed by atoms with Crippen molar-refractivity contribution in [2.24, 2.45) is 0 Å². The standard InChI is InChI=1S/C35H43F3N4O5/c1-4-6-8-15-39-35(44)41-30-22-32(45-3)33(21-28(30)37)47-24-11-9-23(10-12-24)40-34(43)26-19-29(38)31(20-27(26)36)46-25-13-17-42(18-14-25)16-7-5-2/h9-12,19-22,25H,4-8,13-18H2,1-3H3,(H,40,43)(H2,39,41,44). The van der Waals surface area contributed by atoms with Crippen LogP contribution in [0.2, 0.25) is 0 Å². The number of amides is 3. The Labute approximate surface area is 273 Å². The molecule has 3 aromatic carbocycles. The third kappa shape index (κ3) is 10.3. The van der Waals surface area contributed by atoms with Gasteiger partial charge in [0.05, 0.1) is 18.4 Å². The van der Waals surface area contributed by atoms with Crippen molar-refractivity contribution in [2.45, 2.75) is 64.9 Å². The second-order valence-electron chi connectivity index (χ2n) is 11.4. The summed E-state index contributed by atoms with van der Waals surface area (Å²) in [5, 5.41) is 7.69. The molecule has 0 bridgehead atoms. The summed E-state index contributed by atoms with van der Waals surface area (Å²) in [7, 11) is 1.38. The highest BCUT2D eigenvalue weighted by molar-refractivity contribution is 6.04. The maximum absolute atomic E-state index is 14.9. The summed E-state index contributed by atoms with van der Waals surface area (Å²) >= 11 is 0. The van der Waals surface area contributed by atoms with Crippen molar-refractivity contribution in [3.05, 3.63) is 71.5 Å². The molecule has 1 aliphatic heterocycles. The lowest BCUT2D eigenvalue weighted by Gasteiger charge is -2.32. The monoisotopic (exact) mass is 656 g/mol. The summed E-state index contributed by atoms with van der Waals surface area (Å²) in [6.07, 6.45) is 6.26. The number of carbonyl (C=O) groups is 2. The van der Waals surface area contributed by atoms with Crippen molar-refractivity contribution in [1.29, 1.82) is 0 Å². The molecule has 0 aliphatic carbocycles. The number of anilines is 2. The summed E-state index contributed by atoms with van der Waals surface area (Å²) in [6.45, 7) is 7.37. The predicted octanol–water partition coefficient (Wildman–Crippen LogP) is 8.11. The Morgan fingerprint density at radius 3 is 2.21 bits per heavy atom. The SMILES string of the molecule is CCCCCNC(=O)Nc1cc(OC)c(Oc2ccc(NC(=O)c3cc(F)c(OC4CCN(CCCC)CC4)cc3F)cc2)cc1F. The smallest absolute Gasteiger partial charge is 0.319 e. The topological polar surface area (TPSA) is 101 Å². The molecule has 47 heavy (non-hydrogen) atoms. The Balaban J connectivity index is 1.33. The minimum absolute atomic E-state index is 0.0533.